The molecule has 0 aliphatic heterocycles. The summed E-state index contributed by atoms with van der Waals surface area (Å²) in [6.07, 6.45) is -8.91. The molecule has 22 heavy (non-hydrogen) atoms. The third-order valence-corrected chi connectivity index (χ3v) is 3.70. The molecule has 0 aromatic rings. The molecule has 10 heteroatoms. The fraction of sp³-hybridized carbons (Fsp3) is 1.00. The van der Waals surface area contributed by atoms with E-state index in [0.717, 1.165) is 0 Å². The molecular weight excluding hydrogens is 326 g/mol. The maximum atomic E-state index is 13.3. The maximum absolute atomic E-state index is 13.3. The summed E-state index contributed by atoms with van der Waals surface area (Å²) in [6.45, 7) is -0.442. The quantitative estimate of drug-likeness (QED) is 0.220. The predicted octanol–water partition coefficient (Wildman–Crippen LogP) is 0.198. The number of hydrogen-bond donors (Lipinski definition) is 0. The summed E-state index contributed by atoms with van der Waals surface area (Å²) in [6, 6.07) is 0. The second-order valence-corrected chi connectivity index (χ2v) is 6.34. The molecule has 4 atom stereocenters. The van der Waals surface area contributed by atoms with Crippen LogP contribution in [0.15, 0.2) is 0 Å². The van der Waals surface area contributed by atoms with Crippen LogP contribution in [0.2, 0.25) is 0 Å². The summed E-state index contributed by atoms with van der Waals surface area (Å²) in [5, 5.41) is 0. The van der Waals surface area contributed by atoms with E-state index >= 15 is 0 Å². The van der Waals surface area contributed by atoms with Gasteiger partial charge in [0.05, 0.1) is 22.5 Å². The smallest absolute Gasteiger partial charge is 0.748 e. The molecule has 0 aliphatic rings. The van der Waals surface area contributed by atoms with Crippen LogP contribution in [-0.2, 0) is 10.1 Å². The van der Waals surface area contributed by atoms with Gasteiger partial charge in [-0.15, -0.1) is 0 Å². The zero-order chi connectivity index (χ0) is 16.5. The maximum Gasteiger partial charge on any atom is 1.00 e. The summed E-state index contributed by atoms with van der Waals surface area (Å²) >= 11 is 0. The molecule has 0 amide bonds. The number of unbranched alkanes of at least 4 members (excludes halogenated alkanes) is 4. The molecule has 0 radical (unpaired) electrons. The standard InChI is InChI=1S/C12H21F5O3S.Li/c13-7-5-3-1-2-4-6-9(14)11(16)12(17)10(15)8-21(18,19)20;/h9-12H,1-8H2,(H,18,19,20);/q;+1/p-1. The third-order valence-electron chi connectivity index (χ3n) is 2.97. The minimum atomic E-state index is -5.04. The van der Waals surface area contributed by atoms with Crippen LogP contribution in [-0.4, -0.2) is 50.1 Å². The molecule has 0 saturated heterocycles. The van der Waals surface area contributed by atoms with Crippen LogP contribution in [0, 0.1) is 0 Å². The minimum Gasteiger partial charge on any atom is -0.748 e. The van der Waals surface area contributed by atoms with Crippen LogP contribution < -0.4 is 18.9 Å². The van der Waals surface area contributed by atoms with Crippen molar-refractivity contribution in [2.24, 2.45) is 0 Å². The largest absolute Gasteiger partial charge is 1.00 e. The molecule has 0 N–H and O–H groups in total. The van der Waals surface area contributed by atoms with Gasteiger partial charge in [0.1, 0.15) is 12.3 Å². The van der Waals surface area contributed by atoms with Crippen molar-refractivity contribution in [2.75, 3.05) is 12.4 Å². The Morgan fingerprint density at radius 3 is 1.77 bits per heavy atom. The van der Waals surface area contributed by atoms with Crippen LogP contribution >= 0.6 is 0 Å². The predicted molar refractivity (Wildman–Crippen MR) is 67.8 cm³/mol. The third kappa shape index (κ3) is 11.7. The van der Waals surface area contributed by atoms with E-state index in [9.17, 15) is 34.9 Å². The Labute approximate surface area is 140 Å². The van der Waals surface area contributed by atoms with Gasteiger partial charge in [-0.3, -0.25) is 4.39 Å². The van der Waals surface area contributed by atoms with E-state index in [1.165, 1.54) is 0 Å². The molecular formula is C12H20F5LiO3S. The number of alkyl halides is 5. The molecule has 0 aliphatic carbocycles. The van der Waals surface area contributed by atoms with Crippen molar-refractivity contribution in [3.8, 4) is 0 Å². The van der Waals surface area contributed by atoms with E-state index in [1.54, 1.807) is 0 Å². The molecule has 0 heterocycles. The summed E-state index contributed by atoms with van der Waals surface area (Å²) < 4.78 is 95.4. The summed E-state index contributed by atoms with van der Waals surface area (Å²) in [5.41, 5.74) is 0. The molecule has 4 unspecified atom stereocenters. The zero-order valence-corrected chi connectivity index (χ0v) is 13.3. The van der Waals surface area contributed by atoms with Gasteiger partial charge in [0.25, 0.3) is 0 Å². The Morgan fingerprint density at radius 2 is 1.27 bits per heavy atom. The van der Waals surface area contributed by atoms with Crippen LogP contribution in [0.1, 0.15) is 38.5 Å². The van der Waals surface area contributed by atoms with Crippen molar-refractivity contribution >= 4 is 10.1 Å². The number of halogens is 5. The van der Waals surface area contributed by atoms with Crippen molar-refractivity contribution in [2.45, 2.75) is 63.2 Å². The molecule has 0 fully saturated rings. The van der Waals surface area contributed by atoms with E-state index in [1.807, 2.05) is 0 Å². The first-order valence-electron chi connectivity index (χ1n) is 6.75. The fourth-order valence-electron chi connectivity index (χ4n) is 1.81. The first-order chi connectivity index (χ1) is 9.69. The van der Waals surface area contributed by atoms with Crippen molar-refractivity contribution in [3.63, 3.8) is 0 Å². The molecule has 3 nitrogen and oxygen atoms in total. The van der Waals surface area contributed by atoms with Gasteiger partial charge in [0, 0.05) is 0 Å². The van der Waals surface area contributed by atoms with E-state index in [4.69, 9.17) is 0 Å². The Balaban J connectivity index is 0. The topological polar surface area (TPSA) is 57.2 Å². The van der Waals surface area contributed by atoms with Gasteiger partial charge in [-0.25, -0.2) is 26.0 Å². The zero-order valence-electron chi connectivity index (χ0n) is 12.5. The van der Waals surface area contributed by atoms with E-state index in [0.29, 0.717) is 25.7 Å². The van der Waals surface area contributed by atoms with E-state index in [2.05, 4.69) is 0 Å². The summed E-state index contributed by atoms with van der Waals surface area (Å²) in [7, 11) is -5.04. The minimum absolute atomic E-state index is 0. The van der Waals surface area contributed by atoms with Gasteiger partial charge >= 0.3 is 18.9 Å². The first-order valence-corrected chi connectivity index (χ1v) is 8.32. The van der Waals surface area contributed by atoms with Gasteiger partial charge < -0.3 is 4.55 Å². The van der Waals surface area contributed by atoms with E-state index < -0.39 is 47.2 Å². The molecule has 0 bridgehead atoms. The van der Waals surface area contributed by atoms with Gasteiger partial charge in [-0.05, 0) is 12.8 Å². The molecule has 0 rings (SSSR count). The van der Waals surface area contributed by atoms with Crippen molar-refractivity contribution in [1.29, 1.82) is 0 Å². The van der Waals surface area contributed by atoms with Crippen molar-refractivity contribution in [1.82, 2.24) is 0 Å². The van der Waals surface area contributed by atoms with Gasteiger partial charge in [-0.1, -0.05) is 25.7 Å². The SMILES string of the molecule is O=S(=O)([O-])CC(F)C(F)C(F)C(F)CCCCCCCF.[Li+]. The molecule has 128 valence electrons. The number of rotatable bonds is 12. The Kier molecular flexibility index (Phi) is 13.9. The number of hydrogen-bond acceptors (Lipinski definition) is 3. The van der Waals surface area contributed by atoms with Crippen LogP contribution in [0.3, 0.4) is 0 Å². The van der Waals surface area contributed by atoms with E-state index in [-0.39, 0.29) is 31.7 Å². The monoisotopic (exact) mass is 346 g/mol. The summed E-state index contributed by atoms with van der Waals surface area (Å²) in [4.78, 5) is 0. The van der Waals surface area contributed by atoms with Crippen LogP contribution in [0.4, 0.5) is 22.0 Å². The Bertz CT molecular complexity index is 372. The molecule has 0 saturated carbocycles. The average Bonchev–Trinajstić information content (AvgIpc) is 2.38. The van der Waals surface area contributed by atoms with Gasteiger partial charge in [-0.2, -0.15) is 0 Å². The van der Waals surface area contributed by atoms with Crippen molar-refractivity contribution < 1.29 is 53.8 Å². The second kappa shape index (κ2) is 12.6. The molecule has 0 aromatic carbocycles. The Hall–Kier alpha value is 0.157. The molecule has 0 aromatic heterocycles. The average molecular weight is 346 g/mol. The second-order valence-electron chi connectivity index (χ2n) is 4.89. The normalized spacial score (nSPS) is 17.4. The van der Waals surface area contributed by atoms with Crippen LogP contribution in [0.5, 0.6) is 0 Å². The Morgan fingerprint density at radius 1 is 0.818 bits per heavy atom. The van der Waals surface area contributed by atoms with Crippen molar-refractivity contribution in [3.05, 3.63) is 0 Å². The van der Waals surface area contributed by atoms with Gasteiger partial charge in [0.2, 0.25) is 0 Å². The first kappa shape index (κ1) is 24.4. The van der Waals surface area contributed by atoms with Crippen LogP contribution in [0.25, 0.3) is 0 Å². The molecule has 0 spiro atoms. The fourth-order valence-corrected chi connectivity index (χ4v) is 2.38. The summed E-state index contributed by atoms with van der Waals surface area (Å²) in [5.74, 6) is -1.72. The van der Waals surface area contributed by atoms with Gasteiger partial charge in [0.15, 0.2) is 12.3 Å².